The SMILES string of the molecule is [2H]C([2H])([2H])c1cncc(Br)c1C([2H])([2H])[2H]. The third-order valence-corrected chi connectivity index (χ3v) is 1.50. The third-order valence-electron chi connectivity index (χ3n) is 0.900. The lowest BCUT2D eigenvalue weighted by atomic mass is 10.2. The van der Waals surface area contributed by atoms with Gasteiger partial charge in [-0.25, -0.2) is 0 Å². The molecule has 2 heteroatoms. The zero-order chi connectivity index (χ0) is 11.9. The third kappa shape index (κ3) is 1.30. The standard InChI is InChI=1S/C7H8BrN/c1-5-3-9-4-7(8)6(5)2/h3-4H,1-2H3/i1D3,2D3. The zero-order valence-corrected chi connectivity index (χ0v) is 6.07. The molecule has 1 heterocycles. The fraction of sp³-hybridized carbons (Fsp3) is 0.286. The molecule has 0 spiro atoms. The van der Waals surface area contributed by atoms with Gasteiger partial charge in [-0.1, -0.05) is 0 Å². The molecule has 1 aromatic rings. The molecule has 0 fully saturated rings. The molecule has 9 heavy (non-hydrogen) atoms. The van der Waals surface area contributed by atoms with Gasteiger partial charge in [-0.3, -0.25) is 4.98 Å². The molecule has 0 aromatic carbocycles. The molecule has 0 atom stereocenters. The lowest BCUT2D eigenvalue weighted by molar-refractivity contribution is 1.19. The molecule has 0 aliphatic rings. The van der Waals surface area contributed by atoms with Gasteiger partial charge in [0.25, 0.3) is 0 Å². The molecular weight excluding hydrogens is 178 g/mol. The summed E-state index contributed by atoms with van der Waals surface area (Å²) in [5, 5.41) is 0. The van der Waals surface area contributed by atoms with Crippen LogP contribution in [-0.2, 0) is 0 Å². The van der Waals surface area contributed by atoms with Crippen LogP contribution in [0.3, 0.4) is 0 Å². The molecule has 48 valence electrons. The lowest BCUT2D eigenvalue weighted by Gasteiger charge is -1.98. The fourth-order valence-electron chi connectivity index (χ4n) is 0.435. The number of rotatable bonds is 0. The van der Waals surface area contributed by atoms with Gasteiger partial charge >= 0.3 is 0 Å². The summed E-state index contributed by atoms with van der Waals surface area (Å²) in [7, 11) is 0. The maximum absolute atomic E-state index is 7.26. The average Bonchev–Trinajstić information content (AvgIpc) is 1.99. The molecule has 1 rings (SSSR count). The Morgan fingerprint density at radius 3 is 3.00 bits per heavy atom. The first-order chi connectivity index (χ1) is 6.64. The van der Waals surface area contributed by atoms with Gasteiger partial charge in [-0.15, -0.1) is 0 Å². The van der Waals surface area contributed by atoms with E-state index in [4.69, 9.17) is 8.22 Å². The summed E-state index contributed by atoms with van der Waals surface area (Å²) in [5.41, 5.74) is -0.436. The van der Waals surface area contributed by atoms with Crippen LogP contribution in [-0.4, -0.2) is 4.98 Å². The van der Waals surface area contributed by atoms with Crippen molar-refractivity contribution in [1.29, 1.82) is 0 Å². The van der Waals surface area contributed by atoms with Crippen molar-refractivity contribution < 1.29 is 8.22 Å². The van der Waals surface area contributed by atoms with Gasteiger partial charge in [0.15, 0.2) is 0 Å². The van der Waals surface area contributed by atoms with E-state index in [-0.39, 0.29) is 15.6 Å². The molecule has 0 N–H and O–H groups in total. The minimum Gasteiger partial charge on any atom is -0.263 e. The summed E-state index contributed by atoms with van der Waals surface area (Å²) < 4.78 is 43.6. The highest BCUT2D eigenvalue weighted by atomic mass is 79.9. The number of nitrogens with zero attached hydrogens (tertiary/aromatic N) is 1. The summed E-state index contributed by atoms with van der Waals surface area (Å²) in [6, 6.07) is 0. The van der Waals surface area contributed by atoms with E-state index in [9.17, 15) is 0 Å². The highest BCUT2D eigenvalue weighted by molar-refractivity contribution is 9.10. The second-order valence-electron chi connectivity index (χ2n) is 1.54. The molecule has 0 unspecified atom stereocenters. The quantitative estimate of drug-likeness (QED) is 0.615. The smallest absolute Gasteiger partial charge is 0.0413 e. The molecule has 0 aliphatic heterocycles. The Morgan fingerprint density at radius 2 is 2.44 bits per heavy atom. The van der Waals surface area contributed by atoms with E-state index in [1.54, 1.807) is 0 Å². The van der Waals surface area contributed by atoms with Crippen molar-refractivity contribution in [3.8, 4) is 0 Å². The average molecular weight is 192 g/mol. The van der Waals surface area contributed by atoms with Gasteiger partial charge in [0, 0.05) is 25.1 Å². The minimum atomic E-state index is -2.47. The Balaban J connectivity index is 3.48. The van der Waals surface area contributed by atoms with E-state index in [0.717, 1.165) is 6.20 Å². The van der Waals surface area contributed by atoms with Crippen LogP contribution in [0.25, 0.3) is 0 Å². The Hall–Kier alpha value is -0.370. The van der Waals surface area contributed by atoms with Crippen molar-refractivity contribution in [2.24, 2.45) is 0 Å². The Bertz CT molecular complexity index is 369. The minimum absolute atomic E-state index is 0.191. The van der Waals surface area contributed by atoms with Crippen LogP contribution < -0.4 is 0 Å². The van der Waals surface area contributed by atoms with E-state index in [1.807, 2.05) is 0 Å². The van der Waals surface area contributed by atoms with Crippen molar-refractivity contribution in [1.82, 2.24) is 4.98 Å². The molecule has 1 aromatic heterocycles. The Labute approximate surface area is 71.7 Å². The van der Waals surface area contributed by atoms with Gasteiger partial charge in [-0.05, 0) is 40.8 Å². The van der Waals surface area contributed by atoms with Gasteiger partial charge in [0.1, 0.15) is 0 Å². The fourth-order valence-corrected chi connectivity index (χ4v) is 0.767. The molecular formula is C7H8BrN. The molecule has 0 saturated carbocycles. The summed E-state index contributed by atoms with van der Waals surface area (Å²) >= 11 is 3.00. The van der Waals surface area contributed by atoms with Gasteiger partial charge in [0.2, 0.25) is 0 Å². The van der Waals surface area contributed by atoms with Crippen LogP contribution >= 0.6 is 15.9 Å². The van der Waals surface area contributed by atoms with Gasteiger partial charge in [-0.2, -0.15) is 0 Å². The summed E-state index contributed by atoms with van der Waals surface area (Å²) in [6.07, 6.45) is 2.34. The van der Waals surface area contributed by atoms with Crippen molar-refractivity contribution in [3.05, 3.63) is 28.0 Å². The summed E-state index contributed by atoms with van der Waals surface area (Å²) in [6.45, 7) is -4.94. The van der Waals surface area contributed by atoms with Crippen molar-refractivity contribution in [2.45, 2.75) is 13.7 Å². The van der Waals surface area contributed by atoms with E-state index in [2.05, 4.69) is 20.9 Å². The van der Waals surface area contributed by atoms with E-state index >= 15 is 0 Å². The summed E-state index contributed by atoms with van der Waals surface area (Å²) in [5.74, 6) is 0. The lowest BCUT2D eigenvalue weighted by Crippen LogP contribution is -1.82. The number of aromatic nitrogens is 1. The van der Waals surface area contributed by atoms with Crippen molar-refractivity contribution >= 4 is 15.9 Å². The monoisotopic (exact) mass is 191 g/mol. The first-order valence-corrected chi connectivity index (χ1v) is 3.08. The predicted octanol–water partition coefficient (Wildman–Crippen LogP) is 2.46. The highest BCUT2D eigenvalue weighted by Crippen LogP contribution is 2.16. The van der Waals surface area contributed by atoms with E-state index < -0.39 is 13.7 Å². The second-order valence-corrected chi connectivity index (χ2v) is 2.40. The second kappa shape index (κ2) is 2.48. The van der Waals surface area contributed by atoms with Crippen LogP contribution in [0.5, 0.6) is 0 Å². The number of hydrogen-bond donors (Lipinski definition) is 0. The number of halogens is 1. The maximum Gasteiger partial charge on any atom is 0.0413 e. The maximum atomic E-state index is 7.26. The van der Waals surface area contributed by atoms with Crippen LogP contribution in [0, 0.1) is 13.7 Å². The topological polar surface area (TPSA) is 12.9 Å². The van der Waals surface area contributed by atoms with Crippen LogP contribution in [0.4, 0.5) is 0 Å². The highest BCUT2D eigenvalue weighted by Gasteiger charge is 1.94. The van der Waals surface area contributed by atoms with Crippen molar-refractivity contribution in [3.63, 3.8) is 0 Å². The Kier molecular flexibility index (Phi) is 0.647. The first-order valence-electron chi connectivity index (χ1n) is 5.28. The Morgan fingerprint density at radius 1 is 1.56 bits per heavy atom. The number of aryl methyl sites for hydroxylation is 1. The molecule has 1 nitrogen and oxygen atoms in total. The van der Waals surface area contributed by atoms with E-state index in [0.29, 0.717) is 0 Å². The van der Waals surface area contributed by atoms with Gasteiger partial charge < -0.3 is 0 Å². The van der Waals surface area contributed by atoms with E-state index in [1.165, 1.54) is 6.20 Å². The molecule has 0 radical (unpaired) electrons. The first kappa shape index (κ1) is 2.35. The molecule has 0 aliphatic carbocycles. The van der Waals surface area contributed by atoms with Gasteiger partial charge in [0.05, 0.1) is 0 Å². The largest absolute Gasteiger partial charge is 0.263 e. The van der Waals surface area contributed by atoms with Crippen molar-refractivity contribution in [2.75, 3.05) is 0 Å². The molecule has 0 amide bonds. The van der Waals surface area contributed by atoms with Crippen LogP contribution in [0.15, 0.2) is 16.9 Å². The van der Waals surface area contributed by atoms with Crippen LogP contribution in [0.1, 0.15) is 19.4 Å². The predicted molar refractivity (Wildman–Crippen MR) is 41.4 cm³/mol. The molecule has 0 bridgehead atoms. The van der Waals surface area contributed by atoms with Crippen LogP contribution in [0.2, 0.25) is 0 Å². The summed E-state index contributed by atoms with van der Waals surface area (Å²) in [4.78, 5) is 3.67. The molecule has 0 saturated heterocycles. The number of pyridine rings is 1. The zero-order valence-electron chi connectivity index (χ0n) is 10.5. The number of hydrogen-bond acceptors (Lipinski definition) is 1. The normalized spacial score (nSPS) is 22.3.